The van der Waals surface area contributed by atoms with Gasteiger partial charge in [0.25, 0.3) is 0 Å². The molecule has 0 unspecified atom stereocenters. The van der Waals surface area contributed by atoms with Crippen LogP contribution in [0.1, 0.15) is 39.5 Å². The fourth-order valence-corrected chi connectivity index (χ4v) is 3.11. The highest BCUT2D eigenvalue weighted by atomic mass is 15.2. The maximum atomic E-state index is 2.73. The quantitative estimate of drug-likeness (QED) is 0.580. The molecule has 70 valence electrons. The molecule has 1 heteroatoms. The van der Waals surface area contributed by atoms with E-state index in [9.17, 15) is 0 Å². The van der Waals surface area contributed by atoms with Gasteiger partial charge in [0.2, 0.25) is 0 Å². The molecule has 0 bridgehead atoms. The predicted molar refractivity (Wildman–Crippen MR) is 52.2 cm³/mol. The van der Waals surface area contributed by atoms with Gasteiger partial charge in [-0.3, -0.25) is 0 Å². The van der Waals surface area contributed by atoms with Crippen LogP contribution in [-0.2, 0) is 0 Å². The first-order valence-electron chi connectivity index (χ1n) is 5.53. The molecule has 0 radical (unpaired) electrons. The molecule has 2 fully saturated rings. The van der Waals surface area contributed by atoms with Crippen molar-refractivity contribution in [2.75, 3.05) is 13.1 Å². The van der Waals surface area contributed by atoms with Crippen LogP contribution < -0.4 is 0 Å². The Hall–Kier alpha value is -0.0400. The number of piperidine rings is 1. The van der Waals surface area contributed by atoms with Gasteiger partial charge in [0.15, 0.2) is 0 Å². The van der Waals surface area contributed by atoms with Crippen molar-refractivity contribution in [3.63, 3.8) is 0 Å². The molecule has 2 heterocycles. The lowest BCUT2D eigenvalue weighted by atomic mass is 9.81. The summed E-state index contributed by atoms with van der Waals surface area (Å²) in [6.45, 7) is 7.56. The van der Waals surface area contributed by atoms with Crippen molar-refractivity contribution in [2.45, 2.75) is 45.6 Å². The summed E-state index contributed by atoms with van der Waals surface area (Å²) < 4.78 is 0. The molecule has 0 amide bonds. The van der Waals surface area contributed by atoms with E-state index in [0.29, 0.717) is 0 Å². The highest BCUT2D eigenvalue weighted by Gasteiger charge is 2.35. The zero-order valence-corrected chi connectivity index (χ0v) is 8.42. The van der Waals surface area contributed by atoms with Gasteiger partial charge in [-0.05, 0) is 50.6 Å². The van der Waals surface area contributed by atoms with Crippen LogP contribution in [-0.4, -0.2) is 24.0 Å². The summed E-state index contributed by atoms with van der Waals surface area (Å²) in [4.78, 5) is 2.73. The topological polar surface area (TPSA) is 3.24 Å². The molecule has 0 spiro atoms. The lowest BCUT2D eigenvalue weighted by Gasteiger charge is -2.38. The van der Waals surface area contributed by atoms with E-state index in [2.05, 4.69) is 18.7 Å². The predicted octanol–water partition coefficient (Wildman–Crippen LogP) is 2.52. The zero-order valence-electron chi connectivity index (χ0n) is 8.42. The minimum atomic E-state index is 0.899. The van der Waals surface area contributed by atoms with E-state index in [1.54, 1.807) is 0 Å². The average molecular weight is 167 g/mol. The van der Waals surface area contributed by atoms with E-state index < -0.39 is 0 Å². The lowest BCUT2D eigenvalue weighted by molar-refractivity contribution is 0.104. The Labute approximate surface area is 76.1 Å². The third-order valence-electron chi connectivity index (χ3n) is 3.75. The van der Waals surface area contributed by atoms with Gasteiger partial charge in [-0.2, -0.15) is 0 Å². The number of hydrogen-bond acceptors (Lipinski definition) is 1. The smallest absolute Gasteiger partial charge is 0.0126 e. The maximum Gasteiger partial charge on any atom is 0.0126 e. The van der Waals surface area contributed by atoms with Crippen molar-refractivity contribution in [3.05, 3.63) is 0 Å². The fourth-order valence-electron chi connectivity index (χ4n) is 3.11. The summed E-state index contributed by atoms with van der Waals surface area (Å²) in [5.74, 6) is 1.90. The van der Waals surface area contributed by atoms with E-state index >= 15 is 0 Å². The first kappa shape index (κ1) is 8.55. The molecule has 0 aromatic carbocycles. The van der Waals surface area contributed by atoms with Crippen LogP contribution in [0.25, 0.3) is 0 Å². The molecule has 2 aliphatic heterocycles. The van der Waals surface area contributed by atoms with Gasteiger partial charge in [0, 0.05) is 6.04 Å². The van der Waals surface area contributed by atoms with Crippen LogP contribution in [0.15, 0.2) is 0 Å². The number of rotatable bonds is 1. The van der Waals surface area contributed by atoms with Crippen LogP contribution in [0.3, 0.4) is 0 Å². The van der Waals surface area contributed by atoms with Gasteiger partial charge < -0.3 is 4.90 Å². The molecule has 1 nitrogen and oxygen atoms in total. The molecule has 2 rings (SSSR count). The van der Waals surface area contributed by atoms with E-state index in [4.69, 9.17) is 0 Å². The summed E-state index contributed by atoms with van der Waals surface area (Å²) in [6, 6.07) is 0.957. The number of hydrogen-bond donors (Lipinski definition) is 0. The summed E-state index contributed by atoms with van der Waals surface area (Å²) in [6.07, 6.45) is 5.86. The van der Waals surface area contributed by atoms with Crippen LogP contribution in [0, 0.1) is 11.8 Å². The van der Waals surface area contributed by atoms with Crippen LogP contribution in [0.4, 0.5) is 0 Å². The van der Waals surface area contributed by atoms with E-state index in [-0.39, 0.29) is 0 Å². The first-order chi connectivity index (χ1) is 5.79. The third-order valence-corrected chi connectivity index (χ3v) is 3.75. The molecule has 0 aromatic rings. The molecule has 0 aromatic heterocycles. The minimum Gasteiger partial charge on any atom is -0.300 e. The second kappa shape index (κ2) is 3.37. The lowest BCUT2D eigenvalue weighted by Crippen LogP contribution is -2.42. The molecule has 2 atom stereocenters. The number of nitrogens with zero attached hydrogens (tertiary/aromatic N) is 1. The monoisotopic (exact) mass is 167 g/mol. The van der Waals surface area contributed by atoms with Gasteiger partial charge in [-0.15, -0.1) is 0 Å². The maximum absolute atomic E-state index is 2.73. The van der Waals surface area contributed by atoms with Crippen molar-refractivity contribution < 1.29 is 0 Å². The van der Waals surface area contributed by atoms with Crippen LogP contribution >= 0.6 is 0 Å². The van der Waals surface area contributed by atoms with Gasteiger partial charge in [-0.25, -0.2) is 0 Å². The van der Waals surface area contributed by atoms with Crippen molar-refractivity contribution >= 4 is 0 Å². The Kier molecular flexibility index (Phi) is 2.40. The van der Waals surface area contributed by atoms with E-state index in [1.165, 1.54) is 38.8 Å². The fraction of sp³-hybridized carbons (Fsp3) is 1.00. The zero-order chi connectivity index (χ0) is 8.55. The second-order valence-corrected chi connectivity index (χ2v) is 4.80. The summed E-state index contributed by atoms with van der Waals surface area (Å²) in [5, 5.41) is 0. The molecular weight excluding hydrogens is 146 g/mol. The summed E-state index contributed by atoms with van der Waals surface area (Å²) in [7, 11) is 0. The van der Waals surface area contributed by atoms with E-state index in [0.717, 1.165) is 17.9 Å². The minimum absolute atomic E-state index is 0.899. The molecule has 0 saturated carbocycles. The van der Waals surface area contributed by atoms with Crippen molar-refractivity contribution in [1.82, 2.24) is 4.90 Å². The molecule has 0 aliphatic carbocycles. The van der Waals surface area contributed by atoms with Crippen molar-refractivity contribution in [3.8, 4) is 0 Å². The third kappa shape index (κ3) is 1.39. The van der Waals surface area contributed by atoms with Gasteiger partial charge in [-0.1, -0.05) is 13.8 Å². The largest absolute Gasteiger partial charge is 0.300 e. The number of fused-ring (bicyclic) bond motifs is 1. The Morgan fingerprint density at radius 3 is 2.42 bits per heavy atom. The summed E-state index contributed by atoms with van der Waals surface area (Å²) in [5.41, 5.74) is 0. The van der Waals surface area contributed by atoms with E-state index in [1.807, 2.05) is 0 Å². The second-order valence-electron chi connectivity index (χ2n) is 4.80. The van der Waals surface area contributed by atoms with Crippen molar-refractivity contribution in [1.29, 1.82) is 0 Å². The van der Waals surface area contributed by atoms with Gasteiger partial charge in [0.05, 0.1) is 0 Å². The standard InChI is InChI=1S/C11H21N/c1-9(2)10-5-3-7-12-8-4-6-11(10)12/h9-11H,3-8H2,1-2H3/t10-,11+/m1/s1. The van der Waals surface area contributed by atoms with Crippen LogP contribution in [0.2, 0.25) is 0 Å². The molecule has 0 N–H and O–H groups in total. The Balaban J connectivity index is 2.03. The molecule has 2 aliphatic rings. The first-order valence-corrected chi connectivity index (χ1v) is 5.53. The summed E-state index contributed by atoms with van der Waals surface area (Å²) >= 11 is 0. The highest BCUT2D eigenvalue weighted by molar-refractivity contribution is 4.89. The normalized spacial score (nSPS) is 37.2. The Morgan fingerprint density at radius 1 is 1.08 bits per heavy atom. The molecular formula is C11H21N. The average Bonchev–Trinajstić information content (AvgIpc) is 2.49. The van der Waals surface area contributed by atoms with Crippen molar-refractivity contribution in [2.24, 2.45) is 11.8 Å². The Morgan fingerprint density at radius 2 is 1.75 bits per heavy atom. The molecule has 2 saturated heterocycles. The highest BCUT2D eigenvalue weighted by Crippen LogP contribution is 2.35. The molecule has 12 heavy (non-hydrogen) atoms. The SMILES string of the molecule is CC(C)[C@H]1CCCN2CCC[C@@H]12. The van der Waals surface area contributed by atoms with Crippen LogP contribution in [0.5, 0.6) is 0 Å². The van der Waals surface area contributed by atoms with Gasteiger partial charge in [0.1, 0.15) is 0 Å². The van der Waals surface area contributed by atoms with Gasteiger partial charge >= 0.3 is 0 Å². The Bertz CT molecular complexity index is 153.